The molecule has 2 aliphatic heterocycles. The predicted molar refractivity (Wildman–Crippen MR) is 92.2 cm³/mol. The van der Waals surface area contributed by atoms with Gasteiger partial charge in [0.05, 0.1) is 6.04 Å². The molecule has 1 saturated heterocycles. The van der Waals surface area contributed by atoms with E-state index in [4.69, 9.17) is 5.73 Å². The van der Waals surface area contributed by atoms with Gasteiger partial charge in [-0.25, -0.2) is 4.99 Å². The third kappa shape index (κ3) is 2.99. The van der Waals surface area contributed by atoms with E-state index >= 15 is 0 Å². The van der Waals surface area contributed by atoms with Gasteiger partial charge in [0.2, 0.25) is 0 Å². The van der Waals surface area contributed by atoms with Crippen molar-refractivity contribution in [3.05, 3.63) is 29.6 Å². The highest BCUT2D eigenvalue weighted by molar-refractivity contribution is 5.78. The van der Waals surface area contributed by atoms with Gasteiger partial charge in [-0.2, -0.15) is 0 Å². The first-order valence-corrected chi connectivity index (χ1v) is 8.14. The quantitative estimate of drug-likeness (QED) is 0.881. The van der Waals surface area contributed by atoms with Gasteiger partial charge < -0.3 is 15.6 Å². The monoisotopic (exact) mass is 299 g/mol. The number of hydrogen-bond donors (Lipinski definition) is 2. The molecule has 0 aromatic carbocycles. The van der Waals surface area contributed by atoms with Crippen LogP contribution in [-0.4, -0.2) is 47.5 Å². The van der Waals surface area contributed by atoms with E-state index in [2.05, 4.69) is 38.9 Å². The molecule has 3 N–H and O–H groups in total. The molecule has 0 saturated carbocycles. The number of allylic oxidation sites excluding steroid dienone is 2. The molecule has 3 atom stereocenters. The van der Waals surface area contributed by atoms with Gasteiger partial charge in [0.25, 0.3) is 0 Å². The third-order valence-corrected chi connectivity index (χ3v) is 4.47. The summed E-state index contributed by atoms with van der Waals surface area (Å²) < 4.78 is 0. The zero-order chi connectivity index (χ0) is 15.5. The highest BCUT2D eigenvalue weighted by Crippen LogP contribution is 2.36. The highest BCUT2D eigenvalue weighted by atomic mass is 15.2. The Bertz CT molecular complexity index is 598. The minimum Gasteiger partial charge on any atom is -0.373 e. The number of aromatic nitrogens is 1. The summed E-state index contributed by atoms with van der Waals surface area (Å²) in [5.41, 5.74) is 8.68. The minimum atomic E-state index is 0.0765. The molecular weight excluding hydrogens is 274 g/mol. The first-order valence-electron chi connectivity index (χ1n) is 8.14. The summed E-state index contributed by atoms with van der Waals surface area (Å²) in [6.07, 6.45) is 10.0. The smallest absolute Gasteiger partial charge is 0.133 e. The van der Waals surface area contributed by atoms with Gasteiger partial charge >= 0.3 is 0 Å². The summed E-state index contributed by atoms with van der Waals surface area (Å²) in [7, 11) is 0. The molecule has 2 aliphatic rings. The molecule has 3 heterocycles. The number of aliphatic imine (C=N–C) groups is 2. The fourth-order valence-electron chi connectivity index (χ4n) is 3.29. The maximum atomic E-state index is 6.11. The molecule has 5 heteroatoms. The Morgan fingerprint density at radius 3 is 3.05 bits per heavy atom. The van der Waals surface area contributed by atoms with Gasteiger partial charge in [0, 0.05) is 54.9 Å². The zero-order valence-electron chi connectivity index (χ0n) is 13.4. The van der Waals surface area contributed by atoms with Crippen LogP contribution >= 0.6 is 0 Å². The minimum absolute atomic E-state index is 0.0765. The number of hydrogen-bond acceptors (Lipinski definition) is 4. The number of nitrogens with zero attached hydrogens (tertiary/aromatic N) is 3. The zero-order valence-corrected chi connectivity index (χ0v) is 13.4. The van der Waals surface area contributed by atoms with Crippen LogP contribution in [0.5, 0.6) is 0 Å². The van der Waals surface area contributed by atoms with Crippen LogP contribution in [0.3, 0.4) is 0 Å². The van der Waals surface area contributed by atoms with Crippen LogP contribution in [-0.2, 0) is 0 Å². The van der Waals surface area contributed by atoms with Crippen LogP contribution in [0.15, 0.2) is 34.0 Å². The third-order valence-electron chi connectivity index (χ3n) is 4.47. The van der Waals surface area contributed by atoms with Gasteiger partial charge in [-0.15, -0.1) is 0 Å². The first kappa shape index (κ1) is 15.0. The molecule has 0 bridgehead atoms. The Morgan fingerprint density at radius 1 is 1.45 bits per heavy atom. The summed E-state index contributed by atoms with van der Waals surface area (Å²) in [5.74, 6) is 1.27. The van der Waals surface area contributed by atoms with Crippen molar-refractivity contribution < 1.29 is 0 Å². The summed E-state index contributed by atoms with van der Waals surface area (Å²) in [6.45, 7) is 6.21. The van der Waals surface area contributed by atoms with Crippen LogP contribution in [0.2, 0.25) is 0 Å². The largest absolute Gasteiger partial charge is 0.373 e. The normalized spacial score (nSPS) is 33.9. The molecule has 0 aliphatic carbocycles. The van der Waals surface area contributed by atoms with Crippen molar-refractivity contribution in [2.45, 2.75) is 44.7 Å². The van der Waals surface area contributed by atoms with Gasteiger partial charge in [0.15, 0.2) is 0 Å². The van der Waals surface area contributed by atoms with E-state index in [1.165, 1.54) is 11.3 Å². The molecule has 22 heavy (non-hydrogen) atoms. The van der Waals surface area contributed by atoms with E-state index in [9.17, 15) is 0 Å². The van der Waals surface area contributed by atoms with E-state index in [1.807, 2.05) is 25.5 Å². The second kappa shape index (κ2) is 6.48. The molecular formula is C17H25N5. The maximum absolute atomic E-state index is 6.11. The van der Waals surface area contributed by atoms with Crippen LogP contribution < -0.4 is 5.73 Å². The topological polar surface area (TPSA) is 69.8 Å². The molecule has 0 spiro atoms. The lowest BCUT2D eigenvalue weighted by Crippen LogP contribution is -2.28. The summed E-state index contributed by atoms with van der Waals surface area (Å²) in [5, 5.41) is 0. The van der Waals surface area contributed by atoms with Crippen LogP contribution in [0.1, 0.15) is 38.2 Å². The number of nitrogens with two attached hydrogens (primary N) is 1. The Hall–Kier alpha value is -1.88. The van der Waals surface area contributed by atoms with Crippen molar-refractivity contribution in [3.63, 3.8) is 0 Å². The average Bonchev–Trinajstić information content (AvgIpc) is 3.13. The van der Waals surface area contributed by atoms with E-state index in [-0.39, 0.29) is 12.1 Å². The van der Waals surface area contributed by atoms with Crippen molar-refractivity contribution >= 4 is 18.2 Å². The van der Waals surface area contributed by atoms with Crippen molar-refractivity contribution in [1.82, 2.24) is 9.88 Å². The fourth-order valence-corrected chi connectivity index (χ4v) is 3.29. The number of fused-ring (bicyclic) bond motifs is 1. The molecule has 3 rings (SSSR count). The lowest BCUT2D eigenvalue weighted by Gasteiger charge is -2.29. The summed E-state index contributed by atoms with van der Waals surface area (Å²) in [4.78, 5) is 14.8. The lowest BCUT2D eigenvalue weighted by atomic mass is 9.93. The van der Waals surface area contributed by atoms with Crippen molar-refractivity contribution in [3.8, 4) is 0 Å². The second-order valence-corrected chi connectivity index (χ2v) is 6.15. The van der Waals surface area contributed by atoms with Gasteiger partial charge in [-0.05, 0) is 31.9 Å². The van der Waals surface area contributed by atoms with Gasteiger partial charge in [-0.1, -0.05) is 6.92 Å². The molecule has 0 amide bonds. The molecule has 1 fully saturated rings. The van der Waals surface area contributed by atoms with E-state index in [0.717, 1.165) is 31.7 Å². The van der Waals surface area contributed by atoms with Crippen molar-refractivity contribution in [2.75, 3.05) is 13.1 Å². The fraction of sp³-hybridized carbons (Fsp3) is 0.529. The lowest BCUT2D eigenvalue weighted by molar-refractivity contribution is 0.385. The molecule has 118 valence electrons. The first-order chi connectivity index (χ1) is 10.7. The molecule has 5 nitrogen and oxygen atoms in total. The van der Waals surface area contributed by atoms with Crippen LogP contribution in [0.4, 0.5) is 5.82 Å². The number of rotatable bonds is 2. The Morgan fingerprint density at radius 2 is 2.32 bits per heavy atom. The van der Waals surface area contributed by atoms with Crippen molar-refractivity contribution in [2.24, 2.45) is 15.7 Å². The summed E-state index contributed by atoms with van der Waals surface area (Å²) in [6, 6.07) is 2.50. The Balaban J connectivity index is 2.02. The molecule has 1 aromatic heterocycles. The molecule has 0 radical (unpaired) electrons. The molecule has 1 aromatic rings. The van der Waals surface area contributed by atoms with Gasteiger partial charge in [0.1, 0.15) is 5.82 Å². The summed E-state index contributed by atoms with van der Waals surface area (Å²) >= 11 is 0. The predicted octanol–water partition coefficient (Wildman–Crippen LogP) is 2.60. The average molecular weight is 299 g/mol. The van der Waals surface area contributed by atoms with E-state index in [0.29, 0.717) is 5.92 Å². The SMILES string of the molecule is CC[C@H]1/C(N2CCC(N)C2)=C\C=N/C(C)/C=N\c2[nH]ccc21. The molecule has 2 unspecified atom stereocenters. The standard InChI is InChI=1S/C17H25N5/c1-3-14-15-4-7-20-17(15)21-10-12(2)19-8-5-16(14)22-9-6-13(18)11-22/h4-5,7-8,10,12-14,20H,3,6,9,11,18H2,1-2H3/b16-5+,19-8-,21-10-/t12?,13?,14-/m1/s1. The number of nitrogens with one attached hydrogen (secondary N) is 1. The van der Waals surface area contributed by atoms with E-state index < -0.39 is 0 Å². The number of likely N-dealkylation sites (tertiary alicyclic amines) is 1. The maximum Gasteiger partial charge on any atom is 0.133 e. The highest BCUT2D eigenvalue weighted by Gasteiger charge is 2.28. The Labute approximate surface area is 132 Å². The van der Waals surface area contributed by atoms with E-state index in [1.54, 1.807) is 0 Å². The second-order valence-electron chi connectivity index (χ2n) is 6.15. The van der Waals surface area contributed by atoms with Gasteiger partial charge in [-0.3, -0.25) is 4.99 Å². The van der Waals surface area contributed by atoms with Crippen LogP contribution in [0, 0.1) is 0 Å². The number of aromatic amines is 1. The van der Waals surface area contributed by atoms with Crippen molar-refractivity contribution in [1.29, 1.82) is 0 Å². The number of H-pyrrole nitrogens is 1. The van der Waals surface area contributed by atoms with Crippen LogP contribution in [0.25, 0.3) is 0 Å². The Kier molecular flexibility index (Phi) is 4.43.